The van der Waals surface area contributed by atoms with Crippen LogP contribution in [0.15, 0.2) is 42.5 Å². The molecule has 0 aliphatic carbocycles. The Morgan fingerprint density at radius 2 is 1.18 bits per heavy atom. The minimum Gasteiger partial charge on any atom is -0.541 e. The number of ether oxygens (including phenoxy) is 2. The summed E-state index contributed by atoms with van der Waals surface area (Å²) >= 11 is 0. The lowest BCUT2D eigenvalue weighted by Gasteiger charge is -2.36. The number of hydrogen-bond acceptors (Lipinski definition) is 4. The Hall–Kier alpha value is -2.19. The van der Waals surface area contributed by atoms with Crippen molar-refractivity contribution in [2.45, 2.75) is 97.6 Å². The van der Waals surface area contributed by atoms with Gasteiger partial charge in [0.15, 0.2) is 11.5 Å². The molecule has 0 N–H and O–H groups in total. The molecule has 0 saturated carbocycles. The van der Waals surface area contributed by atoms with Crippen LogP contribution in [0.3, 0.4) is 0 Å². The van der Waals surface area contributed by atoms with Crippen LogP contribution in [0.4, 0.5) is 0 Å². The van der Waals surface area contributed by atoms with Gasteiger partial charge in [0.1, 0.15) is 11.5 Å². The highest BCUT2D eigenvalue weighted by Gasteiger charge is 2.40. The molecule has 38 heavy (non-hydrogen) atoms. The number of rotatable bonds is 11. The van der Waals surface area contributed by atoms with Crippen LogP contribution >= 0.6 is 0 Å². The molecule has 6 heteroatoms. The minimum absolute atomic E-state index is 0.134. The van der Waals surface area contributed by atoms with Gasteiger partial charge >= 0.3 is 0 Å². The van der Waals surface area contributed by atoms with E-state index >= 15 is 0 Å². The van der Waals surface area contributed by atoms with Gasteiger partial charge in [-0.3, -0.25) is 0 Å². The fourth-order valence-corrected chi connectivity index (χ4v) is 5.62. The lowest BCUT2D eigenvalue weighted by atomic mass is 9.97. The highest BCUT2D eigenvalue weighted by atomic mass is 28.4. The van der Waals surface area contributed by atoms with E-state index in [0.717, 1.165) is 41.4 Å². The summed E-state index contributed by atoms with van der Waals surface area (Å²) in [6, 6.07) is 12.6. The second-order valence-electron chi connectivity index (χ2n) is 13.6. The van der Waals surface area contributed by atoms with Gasteiger partial charge in [-0.25, -0.2) is 0 Å². The molecule has 0 aromatic heterocycles. The monoisotopic (exact) mass is 556 g/mol. The molecule has 212 valence electrons. The summed E-state index contributed by atoms with van der Waals surface area (Å²) in [7, 11) is -0.428. The number of benzene rings is 2. The predicted molar refractivity (Wildman–Crippen MR) is 168 cm³/mol. The topological polar surface area (TPSA) is 36.9 Å². The van der Waals surface area contributed by atoms with E-state index in [1.807, 2.05) is 6.07 Å². The highest BCUT2D eigenvalue weighted by molar-refractivity contribution is 6.75. The molecule has 2 aromatic carbocycles. The van der Waals surface area contributed by atoms with Crippen molar-refractivity contribution in [3.05, 3.63) is 53.6 Å². The second-order valence-corrected chi connectivity index (χ2v) is 23.0. The summed E-state index contributed by atoms with van der Waals surface area (Å²) in [6.45, 7) is 24.8. The first kappa shape index (κ1) is 32.0. The molecule has 1 atom stereocenters. The van der Waals surface area contributed by atoms with Gasteiger partial charge in [-0.05, 0) is 90.4 Å². The van der Waals surface area contributed by atoms with Crippen molar-refractivity contribution in [3.63, 3.8) is 0 Å². The molecule has 0 amide bonds. The van der Waals surface area contributed by atoms with Crippen LogP contribution in [0.25, 0.3) is 6.08 Å². The van der Waals surface area contributed by atoms with Gasteiger partial charge < -0.3 is 18.3 Å². The quantitative estimate of drug-likeness (QED) is 0.258. The summed E-state index contributed by atoms with van der Waals surface area (Å²) in [5.74, 6) is 3.79. The number of hydrogen-bond donors (Lipinski definition) is 0. The predicted octanol–water partition coefficient (Wildman–Crippen LogP) is 9.75. The van der Waals surface area contributed by atoms with E-state index < -0.39 is 16.6 Å². The van der Waals surface area contributed by atoms with E-state index in [1.165, 1.54) is 5.56 Å². The zero-order valence-corrected chi connectivity index (χ0v) is 28.2. The normalized spacial score (nSPS) is 13.9. The van der Waals surface area contributed by atoms with Gasteiger partial charge in [0.25, 0.3) is 16.6 Å². The van der Waals surface area contributed by atoms with E-state index in [-0.39, 0.29) is 10.1 Å². The van der Waals surface area contributed by atoms with Crippen molar-refractivity contribution in [1.29, 1.82) is 0 Å². The zero-order valence-electron chi connectivity index (χ0n) is 26.2. The molecule has 0 aliphatic rings. The van der Waals surface area contributed by atoms with E-state index in [4.69, 9.17) is 18.3 Å². The SMILES string of the molecule is COc1cc(C=CCC(C)Cc2ccc(O[Si](C)(C)C(C)(C)C)c(OC)c2)ccc1O[Si](C)(C)C(C)(C)C. The van der Waals surface area contributed by atoms with Crippen molar-refractivity contribution in [3.8, 4) is 23.0 Å². The Kier molecular flexibility index (Phi) is 10.4. The van der Waals surface area contributed by atoms with Crippen LogP contribution in [0.1, 0.15) is 66.0 Å². The third kappa shape index (κ3) is 8.41. The lowest BCUT2D eigenvalue weighted by Crippen LogP contribution is -2.43. The smallest absolute Gasteiger partial charge is 0.250 e. The van der Waals surface area contributed by atoms with Crippen LogP contribution in [0, 0.1) is 5.92 Å². The zero-order chi connectivity index (χ0) is 28.9. The third-order valence-corrected chi connectivity index (χ3v) is 16.9. The van der Waals surface area contributed by atoms with E-state index in [0.29, 0.717) is 5.92 Å². The minimum atomic E-state index is -1.93. The van der Waals surface area contributed by atoms with E-state index in [2.05, 4.69) is 117 Å². The van der Waals surface area contributed by atoms with E-state index in [9.17, 15) is 0 Å². The van der Waals surface area contributed by atoms with Crippen LogP contribution in [0.2, 0.25) is 36.3 Å². The van der Waals surface area contributed by atoms with Gasteiger partial charge in [0.05, 0.1) is 14.2 Å². The Balaban J connectivity index is 2.05. The molecule has 4 nitrogen and oxygen atoms in total. The fourth-order valence-electron chi connectivity index (χ4n) is 3.57. The summed E-state index contributed by atoms with van der Waals surface area (Å²) < 4.78 is 24.4. The average Bonchev–Trinajstić information content (AvgIpc) is 2.79. The molecule has 0 bridgehead atoms. The summed E-state index contributed by atoms with van der Waals surface area (Å²) in [4.78, 5) is 0. The molecule has 0 saturated heterocycles. The molecule has 0 aliphatic heterocycles. The van der Waals surface area contributed by atoms with Gasteiger partial charge in [0.2, 0.25) is 0 Å². The van der Waals surface area contributed by atoms with Crippen molar-refractivity contribution < 1.29 is 18.3 Å². The molecule has 0 radical (unpaired) electrons. The molecule has 0 spiro atoms. The van der Waals surface area contributed by atoms with Crippen LogP contribution in [-0.4, -0.2) is 30.9 Å². The number of methoxy groups -OCH3 is 2. The lowest BCUT2D eigenvalue weighted by molar-refractivity contribution is 0.385. The third-order valence-electron chi connectivity index (χ3n) is 8.19. The first-order valence-electron chi connectivity index (χ1n) is 13.8. The largest absolute Gasteiger partial charge is 0.541 e. The van der Waals surface area contributed by atoms with Gasteiger partial charge in [-0.1, -0.05) is 72.8 Å². The van der Waals surface area contributed by atoms with Crippen molar-refractivity contribution in [2.24, 2.45) is 5.92 Å². The average molecular weight is 557 g/mol. The van der Waals surface area contributed by atoms with Crippen molar-refractivity contribution in [2.75, 3.05) is 14.2 Å². The van der Waals surface area contributed by atoms with Gasteiger partial charge in [-0.15, -0.1) is 0 Å². The Bertz CT molecular complexity index is 1090. The van der Waals surface area contributed by atoms with Gasteiger partial charge in [0, 0.05) is 0 Å². The molecular weight excluding hydrogens is 505 g/mol. The van der Waals surface area contributed by atoms with Crippen molar-refractivity contribution >= 4 is 22.7 Å². The van der Waals surface area contributed by atoms with Crippen molar-refractivity contribution in [1.82, 2.24) is 0 Å². The molecule has 2 rings (SSSR count). The Morgan fingerprint density at radius 3 is 1.66 bits per heavy atom. The fraction of sp³-hybridized carbons (Fsp3) is 0.562. The summed E-state index contributed by atoms with van der Waals surface area (Å²) in [6.07, 6.45) is 6.38. The maximum Gasteiger partial charge on any atom is 0.250 e. The maximum atomic E-state index is 6.52. The first-order valence-corrected chi connectivity index (χ1v) is 19.6. The van der Waals surface area contributed by atoms with E-state index in [1.54, 1.807) is 14.2 Å². The summed E-state index contributed by atoms with van der Waals surface area (Å²) in [5, 5.41) is 0.272. The second kappa shape index (κ2) is 12.3. The first-order chi connectivity index (χ1) is 17.4. The number of allylic oxidation sites excluding steroid dienone is 1. The maximum absolute atomic E-state index is 6.52. The van der Waals surface area contributed by atoms with Crippen LogP contribution in [-0.2, 0) is 6.42 Å². The Labute approximate surface area is 235 Å². The standard InChI is InChI=1S/C32H52O4Si2/c1-24(21-26-18-20-28(30(23-26)34-9)36-38(12,13)32(5,6)7)15-14-16-25-17-19-27(29(22-25)33-8)35-37(10,11)31(2,3)4/h14,16-20,22-24H,15,21H2,1-13H3. The molecule has 0 heterocycles. The van der Waals surface area contributed by atoms with Gasteiger partial charge in [-0.2, -0.15) is 0 Å². The highest BCUT2D eigenvalue weighted by Crippen LogP contribution is 2.41. The Morgan fingerprint density at radius 1 is 0.711 bits per heavy atom. The van der Waals surface area contributed by atoms with Crippen LogP contribution in [0.5, 0.6) is 23.0 Å². The molecule has 2 aromatic rings. The molecule has 0 fully saturated rings. The molecular formula is C32H52O4Si2. The van der Waals surface area contributed by atoms with Crippen LogP contribution < -0.4 is 18.3 Å². The summed E-state index contributed by atoms with van der Waals surface area (Å²) in [5.41, 5.74) is 2.38. The molecule has 1 unspecified atom stereocenters.